The first-order chi connectivity index (χ1) is 9.97. The van der Waals surface area contributed by atoms with Crippen LogP contribution in [0.5, 0.6) is 0 Å². The normalized spacial score (nSPS) is 10.2. The minimum absolute atomic E-state index is 0.171. The van der Waals surface area contributed by atoms with E-state index in [1.165, 1.54) is 0 Å². The number of nitrogens with zero attached hydrogens (tertiary/aromatic N) is 2. The quantitative estimate of drug-likeness (QED) is 0.803. The van der Waals surface area contributed by atoms with Crippen molar-refractivity contribution in [2.75, 3.05) is 5.32 Å². The van der Waals surface area contributed by atoms with Crippen LogP contribution < -0.4 is 10.6 Å². The highest BCUT2D eigenvalue weighted by atomic mass is 32.1. The molecule has 2 aromatic heterocycles. The number of aromatic nitrogens is 2. The Morgan fingerprint density at radius 3 is 2.76 bits per heavy atom. The van der Waals surface area contributed by atoms with Crippen LogP contribution in [0.1, 0.15) is 25.9 Å². The zero-order valence-corrected chi connectivity index (χ0v) is 12.3. The Balaban J connectivity index is 1.94. The Labute approximate surface area is 125 Å². The maximum Gasteiger partial charge on any atom is 0.347 e. The van der Waals surface area contributed by atoms with Crippen LogP contribution in [0, 0.1) is 13.8 Å². The summed E-state index contributed by atoms with van der Waals surface area (Å²) in [5, 5.41) is 14.8. The molecule has 21 heavy (non-hydrogen) atoms. The Bertz CT molecular complexity index is 684. The third-order valence-corrected chi connectivity index (χ3v) is 3.87. The number of urea groups is 1. The van der Waals surface area contributed by atoms with Crippen molar-refractivity contribution in [3.05, 3.63) is 39.6 Å². The highest BCUT2D eigenvalue weighted by molar-refractivity contribution is 7.13. The van der Waals surface area contributed by atoms with Gasteiger partial charge >= 0.3 is 12.0 Å². The molecule has 0 radical (unpaired) electrons. The summed E-state index contributed by atoms with van der Waals surface area (Å²) in [6.07, 6.45) is 3.20. The number of aryl methyl sites for hydroxylation is 2. The van der Waals surface area contributed by atoms with E-state index in [0.29, 0.717) is 16.4 Å². The number of carboxylic acids is 1. The lowest BCUT2D eigenvalue weighted by Gasteiger charge is -2.08. The van der Waals surface area contributed by atoms with Crippen LogP contribution in [-0.4, -0.2) is 27.1 Å². The van der Waals surface area contributed by atoms with Gasteiger partial charge in [-0.25, -0.2) is 14.6 Å². The van der Waals surface area contributed by atoms with Gasteiger partial charge in [-0.05, 0) is 25.5 Å². The summed E-state index contributed by atoms with van der Waals surface area (Å²) in [6, 6.07) is 1.40. The molecule has 7 nitrogen and oxygen atoms in total. The number of aromatic carboxylic acids is 1. The van der Waals surface area contributed by atoms with Crippen molar-refractivity contribution in [3.8, 4) is 0 Å². The summed E-state index contributed by atoms with van der Waals surface area (Å²) >= 11 is 1.05. The van der Waals surface area contributed by atoms with Crippen LogP contribution in [0.3, 0.4) is 0 Å². The molecule has 0 unspecified atom stereocenters. The van der Waals surface area contributed by atoms with Gasteiger partial charge in [0.05, 0.1) is 24.1 Å². The number of nitrogens with one attached hydrogen (secondary N) is 2. The van der Waals surface area contributed by atoms with E-state index in [0.717, 1.165) is 16.9 Å². The van der Waals surface area contributed by atoms with E-state index < -0.39 is 12.0 Å². The van der Waals surface area contributed by atoms with Crippen molar-refractivity contribution in [1.29, 1.82) is 0 Å². The van der Waals surface area contributed by atoms with Gasteiger partial charge in [0.15, 0.2) is 0 Å². The summed E-state index contributed by atoms with van der Waals surface area (Å²) in [5.74, 6) is -1.01. The second-order valence-electron chi connectivity index (χ2n) is 4.33. The molecule has 0 saturated carbocycles. The summed E-state index contributed by atoms with van der Waals surface area (Å²) in [4.78, 5) is 30.9. The Morgan fingerprint density at radius 2 is 2.14 bits per heavy atom. The smallest absolute Gasteiger partial charge is 0.347 e. The SMILES string of the molecule is Cc1ccncc1NC(=O)NCc1nc(C)c(C(=O)O)s1. The minimum Gasteiger partial charge on any atom is -0.477 e. The summed E-state index contributed by atoms with van der Waals surface area (Å²) in [6.45, 7) is 3.66. The lowest BCUT2D eigenvalue weighted by atomic mass is 10.2. The van der Waals surface area contributed by atoms with Crippen LogP contribution in [0.2, 0.25) is 0 Å². The molecular weight excluding hydrogens is 292 g/mol. The number of carbonyl (C=O) groups is 2. The van der Waals surface area contributed by atoms with Gasteiger partial charge in [-0.1, -0.05) is 0 Å². The van der Waals surface area contributed by atoms with E-state index in [4.69, 9.17) is 5.11 Å². The number of pyridine rings is 1. The second-order valence-corrected chi connectivity index (χ2v) is 5.41. The predicted octanol–water partition coefficient (Wildman–Crippen LogP) is 2.17. The molecule has 8 heteroatoms. The molecule has 2 amide bonds. The van der Waals surface area contributed by atoms with Gasteiger partial charge in [0.2, 0.25) is 0 Å². The molecule has 0 bridgehead atoms. The Kier molecular flexibility index (Phi) is 4.49. The molecule has 110 valence electrons. The van der Waals surface area contributed by atoms with Gasteiger partial charge in [-0.2, -0.15) is 0 Å². The number of thiazole rings is 1. The van der Waals surface area contributed by atoms with Crippen molar-refractivity contribution < 1.29 is 14.7 Å². The lowest BCUT2D eigenvalue weighted by molar-refractivity contribution is 0.0701. The van der Waals surface area contributed by atoms with Crippen molar-refractivity contribution >= 4 is 29.0 Å². The highest BCUT2D eigenvalue weighted by Gasteiger charge is 2.14. The lowest BCUT2D eigenvalue weighted by Crippen LogP contribution is -2.28. The van der Waals surface area contributed by atoms with Crippen LogP contribution >= 0.6 is 11.3 Å². The van der Waals surface area contributed by atoms with Crippen molar-refractivity contribution in [2.45, 2.75) is 20.4 Å². The van der Waals surface area contributed by atoms with E-state index in [-0.39, 0.29) is 11.4 Å². The molecule has 3 N–H and O–H groups in total. The first kappa shape index (κ1) is 14.9. The van der Waals surface area contributed by atoms with Crippen molar-refractivity contribution in [3.63, 3.8) is 0 Å². The summed E-state index contributed by atoms with van der Waals surface area (Å²) in [5.41, 5.74) is 1.97. The molecule has 0 aliphatic heterocycles. The minimum atomic E-state index is -1.01. The molecule has 0 atom stereocenters. The third-order valence-electron chi connectivity index (χ3n) is 2.72. The largest absolute Gasteiger partial charge is 0.477 e. The summed E-state index contributed by atoms with van der Waals surface area (Å²) in [7, 11) is 0. The van der Waals surface area contributed by atoms with Crippen molar-refractivity contribution in [2.24, 2.45) is 0 Å². The van der Waals surface area contributed by atoms with Gasteiger partial charge in [0, 0.05) is 6.20 Å². The van der Waals surface area contributed by atoms with E-state index in [1.807, 2.05) is 6.92 Å². The molecule has 0 aliphatic carbocycles. The first-order valence-electron chi connectivity index (χ1n) is 6.12. The molecule has 2 rings (SSSR count). The fourth-order valence-corrected chi connectivity index (χ4v) is 2.49. The monoisotopic (exact) mass is 306 g/mol. The number of anilines is 1. The molecule has 2 heterocycles. The van der Waals surface area contributed by atoms with Gasteiger partial charge in [0.1, 0.15) is 9.88 Å². The molecule has 0 aromatic carbocycles. The molecule has 0 spiro atoms. The number of carboxylic acid groups (broad SMARTS) is 1. The van der Waals surface area contributed by atoms with E-state index in [2.05, 4.69) is 20.6 Å². The van der Waals surface area contributed by atoms with Gasteiger partial charge < -0.3 is 15.7 Å². The number of hydrogen-bond acceptors (Lipinski definition) is 5. The van der Waals surface area contributed by atoms with Crippen molar-refractivity contribution in [1.82, 2.24) is 15.3 Å². The topological polar surface area (TPSA) is 104 Å². The van der Waals surface area contributed by atoms with Crippen LogP contribution in [0.25, 0.3) is 0 Å². The van der Waals surface area contributed by atoms with Gasteiger partial charge in [0.25, 0.3) is 0 Å². The molecule has 0 fully saturated rings. The maximum atomic E-state index is 11.8. The van der Waals surface area contributed by atoms with E-state index in [1.54, 1.807) is 25.4 Å². The van der Waals surface area contributed by atoms with Gasteiger partial charge in [-0.15, -0.1) is 11.3 Å². The van der Waals surface area contributed by atoms with Gasteiger partial charge in [-0.3, -0.25) is 4.98 Å². The fraction of sp³-hybridized carbons (Fsp3) is 0.231. The highest BCUT2D eigenvalue weighted by Crippen LogP contribution is 2.17. The zero-order chi connectivity index (χ0) is 15.4. The van der Waals surface area contributed by atoms with E-state index in [9.17, 15) is 9.59 Å². The maximum absolute atomic E-state index is 11.8. The fourth-order valence-electron chi connectivity index (χ4n) is 1.64. The number of hydrogen-bond donors (Lipinski definition) is 3. The Hall–Kier alpha value is -2.48. The zero-order valence-electron chi connectivity index (χ0n) is 11.5. The third kappa shape index (κ3) is 3.76. The summed E-state index contributed by atoms with van der Waals surface area (Å²) < 4.78 is 0. The molecule has 0 saturated heterocycles. The molecule has 0 aliphatic rings. The van der Waals surface area contributed by atoms with Crippen LogP contribution in [0.15, 0.2) is 18.5 Å². The average Bonchev–Trinajstić information content (AvgIpc) is 2.80. The second kappa shape index (κ2) is 6.31. The number of carbonyl (C=O) groups excluding carboxylic acids is 1. The van der Waals surface area contributed by atoms with Crippen LogP contribution in [-0.2, 0) is 6.54 Å². The molecule has 2 aromatic rings. The molecular formula is C13H14N4O3S. The standard InChI is InChI=1S/C13H14N4O3S/c1-7-3-4-14-5-9(7)17-13(20)15-6-10-16-8(2)11(21-10)12(18)19/h3-5H,6H2,1-2H3,(H,18,19)(H2,15,17,20). The van der Waals surface area contributed by atoms with E-state index >= 15 is 0 Å². The van der Waals surface area contributed by atoms with Crippen LogP contribution in [0.4, 0.5) is 10.5 Å². The first-order valence-corrected chi connectivity index (χ1v) is 6.94. The Morgan fingerprint density at radius 1 is 1.38 bits per heavy atom. The number of amides is 2. The average molecular weight is 306 g/mol. The number of rotatable bonds is 4. The predicted molar refractivity (Wildman–Crippen MR) is 78.6 cm³/mol.